The van der Waals surface area contributed by atoms with Crippen LogP contribution < -0.4 is 5.32 Å². The summed E-state index contributed by atoms with van der Waals surface area (Å²) in [5.41, 5.74) is -1.14. The van der Waals surface area contributed by atoms with Crippen molar-refractivity contribution in [1.82, 2.24) is 19.3 Å². The van der Waals surface area contributed by atoms with Crippen LogP contribution in [0.4, 0.5) is 14.6 Å². The second kappa shape index (κ2) is 9.59. The van der Waals surface area contributed by atoms with Crippen molar-refractivity contribution < 1.29 is 18.7 Å². The third-order valence-corrected chi connectivity index (χ3v) is 6.38. The SMILES string of the molecule is CCn1ccc(NC(=O)c2ccc3nc(C(O)(c4ccccc4F)c4ccccc4F)n(CC)c3c2)n1. The van der Waals surface area contributed by atoms with Crippen molar-refractivity contribution in [3.05, 3.63) is 113 Å². The maximum Gasteiger partial charge on any atom is 0.256 e. The van der Waals surface area contributed by atoms with Crippen LogP contribution >= 0.6 is 0 Å². The highest BCUT2D eigenvalue weighted by Gasteiger charge is 2.42. The number of nitrogens with one attached hydrogen (secondary N) is 1. The molecule has 0 fully saturated rings. The molecule has 2 N–H and O–H groups in total. The summed E-state index contributed by atoms with van der Waals surface area (Å²) in [4.78, 5) is 17.6. The van der Waals surface area contributed by atoms with Gasteiger partial charge in [-0.1, -0.05) is 36.4 Å². The van der Waals surface area contributed by atoms with Crippen LogP contribution in [0.1, 0.15) is 41.2 Å². The Morgan fingerprint density at radius 1 is 0.946 bits per heavy atom. The number of halogens is 2. The third kappa shape index (κ3) is 4.17. The Bertz CT molecular complexity index is 1560. The number of amides is 1. The molecule has 0 saturated carbocycles. The number of aliphatic hydroxyl groups is 1. The Labute approximate surface area is 212 Å². The summed E-state index contributed by atoms with van der Waals surface area (Å²) >= 11 is 0. The molecule has 0 bridgehead atoms. The van der Waals surface area contributed by atoms with Gasteiger partial charge in [-0.05, 0) is 44.2 Å². The van der Waals surface area contributed by atoms with E-state index in [0.717, 1.165) is 0 Å². The first-order chi connectivity index (χ1) is 17.9. The van der Waals surface area contributed by atoms with Crippen LogP contribution in [0.25, 0.3) is 11.0 Å². The van der Waals surface area contributed by atoms with Crippen LogP contribution in [0.3, 0.4) is 0 Å². The first-order valence-corrected chi connectivity index (χ1v) is 11.9. The molecule has 0 aliphatic heterocycles. The fourth-order valence-electron chi connectivity index (χ4n) is 4.55. The predicted molar refractivity (Wildman–Crippen MR) is 136 cm³/mol. The smallest absolute Gasteiger partial charge is 0.256 e. The summed E-state index contributed by atoms with van der Waals surface area (Å²) in [7, 11) is 0. The van der Waals surface area contributed by atoms with Crippen LogP contribution in [-0.2, 0) is 18.7 Å². The molecule has 7 nitrogen and oxygen atoms in total. The van der Waals surface area contributed by atoms with Gasteiger partial charge in [-0.25, -0.2) is 13.8 Å². The summed E-state index contributed by atoms with van der Waals surface area (Å²) in [6.45, 7) is 4.77. The molecule has 0 unspecified atom stereocenters. The maximum atomic E-state index is 15.1. The van der Waals surface area contributed by atoms with Crippen molar-refractivity contribution in [3.63, 3.8) is 0 Å². The van der Waals surface area contributed by atoms with E-state index < -0.39 is 17.2 Å². The van der Waals surface area contributed by atoms with E-state index in [9.17, 15) is 9.90 Å². The number of nitrogens with zero attached hydrogens (tertiary/aromatic N) is 4. The van der Waals surface area contributed by atoms with E-state index in [1.807, 2.05) is 13.8 Å². The predicted octanol–water partition coefficient (Wildman–Crippen LogP) is 5.09. The van der Waals surface area contributed by atoms with Crippen LogP contribution in [0.5, 0.6) is 0 Å². The lowest BCUT2D eigenvalue weighted by atomic mass is 9.84. The Morgan fingerprint density at radius 2 is 1.59 bits per heavy atom. The fraction of sp³-hybridized carbons (Fsp3) is 0.179. The molecule has 1 amide bonds. The topological polar surface area (TPSA) is 85.0 Å². The van der Waals surface area contributed by atoms with Gasteiger partial charge in [0.1, 0.15) is 11.6 Å². The van der Waals surface area contributed by atoms with Gasteiger partial charge >= 0.3 is 0 Å². The molecule has 9 heteroatoms. The number of imidazole rings is 1. The van der Waals surface area contributed by atoms with Crippen LogP contribution in [0.2, 0.25) is 0 Å². The van der Waals surface area contributed by atoms with Crippen molar-refractivity contribution in [2.45, 2.75) is 32.5 Å². The van der Waals surface area contributed by atoms with Crippen molar-refractivity contribution in [2.75, 3.05) is 5.32 Å². The zero-order valence-electron chi connectivity index (χ0n) is 20.3. The molecule has 37 heavy (non-hydrogen) atoms. The zero-order chi connectivity index (χ0) is 26.2. The van der Waals surface area contributed by atoms with Crippen molar-refractivity contribution in [1.29, 1.82) is 0 Å². The van der Waals surface area contributed by atoms with Crippen molar-refractivity contribution >= 4 is 22.8 Å². The van der Waals surface area contributed by atoms with Gasteiger partial charge in [0, 0.05) is 42.0 Å². The number of hydrogen-bond acceptors (Lipinski definition) is 4. The molecule has 0 atom stereocenters. The minimum Gasteiger partial charge on any atom is -0.373 e. The minimum absolute atomic E-state index is 0.0412. The summed E-state index contributed by atoms with van der Waals surface area (Å²) < 4.78 is 33.6. The largest absolute Gasteiger partial charge is 0.373 e. The number of hydrogen-bond donors (Lipinski definition) is 2. The molecule has 0 spiro atoms. The maximum absolute atomic E-state index is 15.1. The number of rotatable bonds is 7. The van der Waals surface area contributed by atoms with Gasteiger partial charge < -0.3 is 15.0 Å². The lowest BCUT2D eigenvalue weighted by Gasteiger charge is -2.30. The molecule has 5 rings (SSSR count). The summed E-state index contributed by atoms with van der Waals surface area (Å²) in [5.74, 6) is -1.30. The summed E-state index contributed by atoms with van der Waals surface area (Å²) in [6.07, 6.45) is 1.77. The molecule has 188 valence electrons. The van der Waals surface area contributed by atoms with Gasteiger partial charge in [-0.3, -0.25) is 9.48 Å². The van der Waals surface area contributed by atoms with Crippen molar-refractivity contribution in [3.8, 4) is 0 Å². The molecule has 2 aromatic heterocycles. The summed E-state index contributed by atoms with van der Waals surface area (Å²) in [6, 6.07) is 18.0. The summed E-state index contributed by atoms with van der Waals surface area (Å²) in [5, 5.41) is 19.2. The Hall–Kier alpha value is -4.37. The first kappa shape index (κ1) is 24.3. The van der Waals surface area contributed by atoms with Gasteiger partial charge in [0.2, 0.25) is 0 Å². The zero-order valence-corrected chi connectivity index (χ0v) is 20.3. The van der Waals surface area contributed by atoms with Crippen LogP contribution in [0, 0.1) is 11.6 Å². The highest BCUT2D eigenvalue weighted by atomic mass is 19.1. The fourth-order valence-corrected chi connectivity index (χ4v) is 4.55. The van der Waals surface area contributed by atoms with Crippen LogP contribution in [0.15, 0.2) is 79.0 Å². The van der Waals surface area contributed by atoms with E-state index in [-0.39, 0.29) is 22.9 Å². The monoisotopic (exact) mass is 501 g/mol. The Kier molecular flexibility index (Phi) is 6.31. The van der Waals surface area contributed by atoms with Crippen molar-refractivity contribution in [2.24, 2.45) is 0 Å². The normalized spacial score (nSPS) is 11.7. The molecular formula is C28H25F2N5O2. The highest BCUT2D eigenvalue weighted by molar-refractivity contribution is 6.05. The minimum atomic E-state index is -2.23. The molecule has 5 aromatic rings. The van der Waals surface area contributed by atoms with E-state index in [2.05, 4.69) is 15.4 Å². The number of benzene rings is 3. The third-order valence-electron chi connectivity index (χ3n) is 6.38. The van der Waals surface area contributed by atoms with Gasteiger partial charge in [-0.2, -0.15) is 5.10 Å². The number of carbonyl (C=O) groups excluding carboxylic acids is 1. The van der Waals surface area contributed by atoms with Crippen LogP contribution in [-0.4, -0.2) is 30.3 Å². The molecule has 0 saturated heterocycles. The lowest BCUT2D eigenvalue weighted by molar-refractivity contribution is 0.102. The first-order valence-electron chi connectivity index (χ1n) is 11.9. The van der Waals surface area contributed by atoms with Gasteiger partial charge in [0.25, 0.3) is 5.91 Å². The quantitative estimate of drug-likeness (QED) is 0.326. The van der Waals surface area contributed by atoms with Gasteiger partial charge in [0.15, 0.2) is 17.2 Å². The van der Waals surface area contributed by atoms with E-state index in [0.29, 0.717) is 35.5 Å². The molecule has 2 heterocycles. The number of carbonyl (C=O) groups is 1. The van der Waals surface area contributed by atoms with Gasteiger partial charge in [0.05, 0.1) is 11.0 Å². The average Bonchev–Trinajstić information content (AvgIpc) is 3.52. The van der Waals surface area contributed by atoms with E-state index in [4.69, 9.17) is 0 Å². The second-order valence-electron chi connectivity index (χ2n) is 8.56. The molecule has 0 aliphatic carbocycles. The van der Waals surface area contributed by atoms with E-state index >= 15 is 8.78 Å². The molecule has 3 aromatic carbocycles. The lowest BCUT2D eigenvalue weighted by Crippen LogP contribution is -2.34. The van der Waals surface area contributed by atoms with Gasteiger partial charge in [-0.15, -0.1) is 0 Å². The molecular weight excluding hydrogens is 476 g/mol. The van der Waals surface area contributed by atoms with E-state index in [1.165, 1.54) is 36.4 Å². The Morgan fingerprint density at radius 3 is 2.16 bits per heavy atom. The number of aromatic nitrogens is 4. The highest BCUT2D eigenvalue weighted by Crippen LogP contribution is 2.40. The average molecular weight is 502 g/mol. The standard InChI is InChI=1S/C28H25F2N5O2/c1-3-34-16-15-25(33-34)32-26(36)18-13-14-23-24(17-18)35(4-2)27(31-23)28(37,19-9-5-7-11-21(19)29)20-10-6-8-12-22(20)30/h5-17,37H,3-4H2,1-2H3,(H,32,33,36). The number of fused-ring (bicyclic) bond motifs is 1. The Balaban J connectivity index is 1.66. The molecule has 0 radical (unpaired) electrons. The second-order valence-corrected chi connectivity index (χ2v) is 8.56. The number of aryl methyl sites for hydroxylation is 2. The van der Waals surface area contributed by atoms with E-state index in [1.54, 1.807) is 51.8 Å². The molecule has 0 aliphatic rings. The number of anilines is 1.